The number of Topliss-reactive ketones (excluding diaryl/α,β-unsaturated/α-hetero) is 1. The highest BCUT2D eigenvalue weighted by Gasteiger charge is 2.24. The van der Waals surface area contributed by atoms with Crippen molar-refractivity contribution in [2.24, 2.45) is 0 Å². The van der Waals surface area contributed by atoms with E-state index >= 15 is 0 Å². The van der Waals surface area contributed by atoms with Crippen LogP contribution in [0.1, 0.15) is 26.3 Å². The summed E-state index contributed by atoms with van der Waals surface area (Å²) in [6.45, 7) is 1.83. The SMILES string of the molecule is Cc1ccc2c(c1)C(=O)C(O)=CC2=O. The molecule has 0 aromatic heterocycles. The zero-order valence-electron chi connectivity index (χ0n) is 7.57. The van der Waals surface area contributed by atoms with Crippen molar-refractivity contribution >= 4 is 11.6 Å². The van der Waals surface area contributed by atoms with Crippen molar-refractivity contribution in [3.63, 3.8) is 0 Å². The number of ketones is 2. The zero-order valence-corrected chi connectivity index (χ0v) is 7.57. The second-order valence-electron chi connectivity index (χ2n) is 3.27. The van der Waals surface area contributed by atoms with E-state index in [-0.39, 0.29) is 11.3 Å². The first-order chi connectivity index (χ1) is 6.59. The summed E-state index contributed by atoms with van der Waals surface area (Å²) in [7, 11) is 0. The maximum atomic E-state index is 11.4. The lowest BCUT2D eigenvalue weighted by molar-refractivity contribution is 0.0939. The highest BCUT2D eigenvalue weighted by Crippen LogP contribution is 2.20. The van der Waals surface area contributed by atoms with Crippen LogP contribution in [-0.4, -0.2) is 16.7 Å². The minimum absolute atomic E-state index is 0.287. The number of aryl methyl sites for hydroxylation is 1. The van der Waals surface area contributed by atoms with E-state index in [1.165, 1.54) is 0 Å². The molecular weight excluding hydrogens is 180 g/mol. The number of carbonyl (C=O) groups excluding carboxylic acids is 2. The summed E-state index contributed by atoms with van der Waals surface area (Å²) in [5, 5.41) is 9.18. The molecule has 0 spiro atoms. The van der Waals surface area contributed by atoms with Gasteiger partial charge < -0.3 is 5.11 Å². The van der Waals surface area contributed by atoms with Crippen LogP contribution in [-0.2, 0) is 0 Å². The molecule has 14 heavy (non-hydrogen) atoms. The molecule has 0 atom stereocenters. The van der Waals surface area contributed by atoms with E-state index < -0.39 is 11.5 Å². The number of aliphatic hydroxyl groups is 1. The summed E-state index contributed by atoms with van der Waals surface area (Å²) in [5.41, 5.74) is 1.54. The molecule has 1 aliphatic carbocycles. The van der Waals surface area contributed by atoms with Crippen molar-refractivity contribution in [2.75, 3.05) is 0 Å². The topological polar surface area (TPSA) is 54.4 Å². The van der Waals surface area contributed by atoms with Crippen molar-refractivity contribution in [3.05, 3.63) is 46.7 Å². The molecule has 1 N–H and O–H groups in total. The number of rotatable bonds is 0. The standard InChI is InChI=1S/C11H8O3/c1-6-2-3-7-8(4-6)11(14)10(13)5-9(7)12/h2-5,13H,1H3. The lowest BCUT2D eigenvalue weighted by Crippen LogP contribution is -2.16. The Hall–Kier alpha value is -1.90. The van der Waals surface area contributed by atoms with Crippen LogP contribution < -0.4 is 0 Å². The normalized spacial score (nSPS) is 15.1. The highest BCUT2D eigenvalue weighted by molar-refractivity contribution is 6.23. The van der Waals surface area contributed by atoms with E-state index in [4.69, 9.17) is 0 Å². The Bertz CT molecular complexity index is 469. The van der Waals surface area contributed by atoms with Crippen molar-refractivity contribution in [1.82, 2.24) is 0 Å². The van der Waals surface area contributed by atoms with Crippen LogP contribution >= 0.6 is 0 Å². The monoisotopic (exact) mass is 188 g/mol. The van der Waals surface area contributed by atoms with Crippen LogP contribution in [0.4, 0.5) is 0 Å². The van der Waals surface area contributed by atoms with Gasteiger partial charge in [0.15, 0.2) is 11.5 Å². The molecule has 3 heteroatoms. The van der Waals surface area contributed by atoms with E-state index in [1.54, 1.807) is 18.2 Å². The van der Waals surface area contributed by atoms with Crippen LogP contribution in [0.15, 0.2) is 30.0 Å². The largest absolute Gasteiger partial charge is 0.504 e. The molecule has 0 saturated heterocycles. The van der Waals surface area contributed by atoms with Crippen LogP contribution in [0.3, 0.4) is 0 Å². The molecule has 0 fully saturated rings. The lowest BCUT2D eigenvalue weighted by atomic mass is 9.92. The van der Waals surface area contributed by atoms with E-state index in [0.29, 0.717) is 5.56 Å². The van der Waals surface area contributed by atoms with Gasteiger partial charge in [0.1, 0.15) is 0 Å². The minimum atomic E-state index is -0.483. The Morgan fingerprint density at radius 2 is 1.86 bits per heavy atom. The third kappa shape index (κ3) is 1.14. The summed E-state index contributed by atoms with van der Waals surface area (Å²) < 4.78 is 0. The van der Waals surface area contributed by atoms with Crippen LogP contribution in [0.2, 0.25) is 0 Å². The number of hydrogen-bond donors (Lipinski definition) is 1. The summed E-state index contributed by atoms with van der Waals surface area (Å²) in [6.07, 6.45) is 0.958. The fraction of sp³-hybridized carbons (Fsp3) is 0.0909. The Morgan fingerprint density at radius 1 is 1.14 bits per heavy atom. The third-order valence-corrected chi connectivity index (χ3v) is 2.19. The van der Waals surface area contributed by atoms with E-state index in [1.807, 2.05) is 6.92 Å². The molecule has 1 aliphatic rings. The zero-order chi connectivity index (χ0) is 10.3. The van der Waals surface area contributed by atoms with Crippen molar-refractivity contribution < 1.29 is 14.7 Å². The van der Waals surface area contributed by atoms with Gasteiger partial charge in [-0.25, -0.2) is 0 Å². The fourth-order valence-corrected chi connectivity index (χ4v) is 1.47. The molecule has 1 aromatic rings. The second-order valence-corrected chi connectivity index (χ2v) is 3.27. The average Bonchev–Trinajstić information content (AvgIpc) is 2.14. The van der Waals surface area contributed by atoms with E-state index in [9.17, 15) is 14.7 Å². The van der Waals surface area contributed by atoms with Gasteiger partial charge in [-0.05, 0) is 13.0 Å². The molecule has 0 amide bonds. The van der Waals surface area contributed by atoms with Crippen LogP contribution in [0, 0.1) is 6.92 Å². The first-order valence-electron chi connectivity index (χ1n) is 4.20. The van der Waals surface area contributed by atoms with Gasteiger partial charge in [0.2, 0.25) is 5.78 Å². The molecule has 0 saturated carbocycles. The van der Waals surface area contributed by atoms with Gasteiger partial charge in [0, 0.05) is 17.2 Å². The Kier molecular flexibility index (Phi) is 1.74. The van der Waals surface area contributed by atoms with Gasteiger partial charge >= 0.3 is 0 Å². The molecule has 0 heterocycles. The molecule has 0 unspecified atom stereocenters. The van der Waals surface area contributed by atoms with Crippen molar-refractivity contribution in [2.45, 2.75) is 6.92 Å². The van der Waals surface area contributed by atoms with Gasteiger partial charge in [-0.2, -0.15) is 0 Å². The summed E-state index contributed by atoms with van der Waals surface area (Å²) >= 11 is 0. The molecule has 0 aliphatic heterocycles. The minimum Gasteiger partial charge on any atom is -0.504 e. The number of fused-ring (bicyclic) bond motifs is 1. The average molecular weight is 188 g/mol. The molecule has 3 nitrogen and oxygen atoms in total. The van der Waals surface area contributed by atoms with E-state index in [2.05, 4.69) is 0 Å². The number of carbonyl (C=O) groups is 2. The number of aliphatic hydroxyl groups excluding tert-OH is 1. The lowest BCUT2D eigenvalue weighted by Gasteiger charge is -2.11. The van der Waals surface area contributed by atoms with Crippen LogP contribution in [0.5, 0.6) is 0 Å². The highest BCUT2D eigenvalue weighted by atomic mass is 16.3. The van der Waals surface area contributed by atoms with Crippen molar-refractivity contribution in [3.8, 4) is 0 Å². The van der Waals surface area contributed by atoms with Gasteiger partial charge in [0.05, 0.1) is 0 Å². The van der Waals surface area contributed by atoms with Gasteiger partial charge in [-0.1, -0.05) is 17.7 Å². The van der Waals surface area contributed by atoms with E-state index in [0.717, 1.165) is 11.6 Å². The fourth-order valence-electron chi connectivity index (χ4n) is 1.47. The molecule has 0 bridgehead atoms. The van der Waals surface area contributed by atoms with Gasteiger partial charge in [-0.3, -0.25) is 9.59 Å². The van der Waals surface area contributed by atoms with Crippen molar-refractivity contribution in [1.29, 1.82) is 0 Å². The second kappa shape index (κ2) is 2.80. The predicted octanol–water partition coefficient (Wildman–Crippen LogP) is 1.82. The Labute approximate surface area is 80.7 Å². The van der Waals surface area contributed by atoms with Gasteiger partial charge in [-0.15, -0.1) is 0 Å². The summed E-state index contributed by atoms with van der Waals surface area (Å²) in [6, 6.07) is 4.98. The maximum absolute atomic E-state index is 11.4. The van der Waals surface area contributed by atoms with Crippen LogP contribution in [0.25, 0.3) is 0 Å². The molecule has 0 radical (unpaired) electrons. The first kappa shape index (κ1) is 8.69. The Balaban J connectivity index is 2.69. The Morgan fingerprint density at radius 3 is 2.57 bits per heavy atom. The first-order valence-corrected chi connectivity index (χ1v) is 4.20. The number of benzene rings is 1. The smallest absolute Gasteiger partial charge is 0.228 e. The molecular formula is C11H8O3. The number of allylic oxidation sites excluding steroid dienone is 2. The molecule has 70 valence electrons. The quantitative estimate of drug-likeness (QED) is 0.675. The predicted molar refractivity (Wildman–Crippen MR) is 50.6 cm³/mol. The van der Waals surface area contributed by atoms with Gasteiger partial charge in [0.25, 0.3) is 0 Å². The number of hydrogen-bond acceptors (Lipinski definition) is 3. The summed E-state index contributed by atoms with van der Waals surface area (Å²) in [4.78, 5) is 22.8. The summed E-state index contributed by atoms with van der Waals surface area (Å²) in [5.74, 6) is -1.28. The molecule has 2 rings (SSSR count). The third-order valence-electron chi connectivity index (χ3n) is 2.19. The molecule has 1 aromatic carbocycles. The maximum Gasteiger partial charge on any atom is 0.228 e.